The van der Waals surface area contributed by atoms with Crippen molar-refractivity contribution < 1.29 is 0 Å². The van der Waals surface area contributed by atoms with Crippen molar-refractivity contribution in [2.75, 3.05) is 20.1 Å². The van der Waals surface area contributed by atoms with Gasteiger partial charge in [0.25, 0.3) is 0 Å². The Labute approximate surface area is 150 Å². The summed E-state index contributed by atoms with van der Waals surface area (Å²) in [6.07, 6.45) is 6.28. The van der Waals surface area contributed by atoms with Crippen molar-refractivity contribution in [3.63, 3.8) is 0 Å². The highest BCUT2D eigenvalue weighted by molar-refractivity contribution is 14.0. The Kier molecular flexibility index (Phi) is 8.44. The highest BCUT2D eigenvalue weighted by Crippen LogP contribution is 2.14. The van der Waals surface area contributed by atoms with Crippen LogP contribution in [0.1, 0.15) is 37.8 Å². The fourth-order valence-corrected chi connectivity index (χ4v) is 2.52. The lowest BCUT2D eigenvalue weighted by molar-refractivity contribution is 0.469. The van der Waals surface area contributed by atoms with Crippen LogP contribution in [-0.4, -0.2) is 45.8 Å². The van der Waals surface area contributed by atoms with Crippen molar-refractivity contribution in [2.45, 2.75) is 45.7 Å². The highest BCUT2D eigenvalue weighted by Gasteiger charge is 2.17. The zero-order valence-electron chi connectivity index (χ0n) is 13.6. The van der Waals surface area contributed by atoms with E-state index in [1.54, 1.807) is 0 Å². The second-order valence-corrected chi connectivity index (χ2v) is 5.31. The van der Waals surface area contributed by atoms with Gasteiger partial charge >= 0.3 is 0 Å². The average molecular weight is 418 g/mol. The van der Waals surface area contributed by atoms with Crippen molar-refractivity contribution in [1.29, 1.82) is 0 Å². The van der Waals surface area contributed by atoms with Crippen LogP contribution in [0.2, 0.25) is 0 Å². The van der Waals surface area contributed by atoms with Crippen LogP contribution < -0.4 is 5.32 Å². The van der Waals surface area contributed by atoms with Gasteiger partial charge in [-0.1, -0.05) is 6.08 Å². The summed E-state index contributed by atoms with van der Waals surface area (Å²) in [6, 6.07) is 0. The summed E-state index contributed by atoms with van der Waals surface area (Å²) in [5.41, 5.74) is 0. The third kappa shape index (κ3) is 4.96. The maximum Gasteiger partial charge on any atom is 0.194 e. The molecule has 0 unspecified atom stereocenters. The minimum atomic E-state index is 0. The molecule has 0 saturated carbocycles. The van der Waals surface area contributed by atoms with Crippen molar-refractivity contribution in [2.24, 2.45) is 4.99 Å². The van der Waals surface area contributed by atoms with E-state index in [1.807, 2.05) is 6.08 Å². The number of fused-ring (bicyclic) bond motifs is 1. The third-order valence-electron chi connectivity index (χ3n) is 3.65. The van der Waals surface area contributed by atoms with Crippen molar-refractivity contribution in [3.8, 4) is 0 Å². The molecule has 6 nitrogen and oxygen atoms in total. The molecule has 0 radical (unpaired) electrons. The van der Waals surface area contributed by atoms with E-state index in [1.165, 1.54) is 6.42 Å². The largest absolute Gasteiger partial charge is 0.357 e. The van der Waals surface area contributed by atoms with Crippen molar-refractivity contribution >= 4 is 29.9 Å². The molecule has 0 spiro atoms. The van der Waals surface area contributed by atoms with E-state index in [0.717, 1.165) is 56.5 Å². The molecule has 0 fully saturated rings. The molecule has 0 atom stereocenters. The lowest BCUT2D eigenvalue weighted by Gasteiger charge is -2.21. The van der Waals surface area contributed by atoms with E-state index < -0.39 is 0 Å². The summed E-state index contributed by atoms with van der Waals surface area (Å²) in [7, 11) is 2.07. The van der Waals surface area contributed by atoms with Gasteiger partial charge in [0, 0.05) is 33.1 Å². The molecule has 0 saturated heterocycles. The lowest BCUT2D eigenvalue weighted by atomic mass is 10.3. The number of aromatic nitrogens is 3. The summed E-state index contributed by atoms with van der Waals surface area (Å²) in [5, 5.41) is 11.8. The van der Waals surface area contributed by atoms with Gasteiger partial charge in [-0.15, -0.1) is 40.8 Å². The Morgan fingerprint density at radius 3 is 3.05 bits per heavy atom. The average Bonchev–Trinajstić information content (AvgIpc) is 3.07. The molecule has 1 aliphatic rings. The number of nitrogens with zero attached hydrogens (tertiary/aromatic N) is 5. The van der Waals surface area contributed by atoms with E-state index in [2.05, 4.69) is 45.5 Å². The van der Waals surface area contributed by atoms with E-state index in [9.17, 15) is 0 Å². The molecule has 7 heteroatoms. The van der Waals surface area contributed by atoms with Crippen molar-refractivity contribution in [3.05, 3.63) is 24.3 Å². The predicted molar refractivity (Wildman–Crippen MR) is 101 cm³/mol. The molecule has 1 aliphatic heterocycles. The monoisotopic (exact) mass is 418 g/mol. The summed E-state index contributed by atoms with van der Waals surface area (Å²) in [6.45, 7) is 9.29. The number of aryl methyl sites for hydroxylation is 1. The van der Waals surface area contributed by atoms with Gasteiger partial charge in [-0.3, -0.25) is 0 Å². The number of allylic oxidation sites excluding steroid dienone is 1. The third-order valence-corrected chi connectivity index (χ3v) is 3.65. The first-order valence-electron chi connectivity index (χ1n) is 7.77. The summed E-state index contributed by atoms with van der Waals surface area (Å²) in [4.78, 5) is 6.86. The molecule has 1 N–H and O–H groups in total. The van der Waals surface area contributed by atoms with Gasteiger partial charge < -0.3 is 14.8 Å². The molecule has 0 amide bonds. The topological polar surface area (TPSA) is 58.3 Å². The molecular formula is C15H27IN6. The normalized spacial score (nSPS) is 13.5. The predicted octanol–water partition coefficient (Wildman–Crippen LogP) is 2.21. The summed E-state index contributed by atoms with van der Waals surface area (Å²) >= 11 is 0. The van der Waals surface area contributed by atoms with Gasteiger partial charge in [-0.05, 0) is 26.2 Å². The minimum absolute atomic E-state index is 0. The second-order valence-electron chi connectivity index (χ2n) is 5.31. The molecule has 124 valence electrons. The molecule has 1 aromatic heterocycles. The Balaban J connectivity index is 0.00000242. The number of hydrogen-bond acceptors (Lipinski definition) is 3. The first-order valence-corrected chi connectivity index (χ1v) is 7.77. The van der Waals surface area contributed by atoms with E-state index >= 15 is 0 Å². The van der Waals surface area contributed by atoms with Crippen LogP contribution in [0.25, 0.3) is 0 Å². The number of aliphatic imine (C=N–C) groups is 1. The smallest absolute Gasteiger partial charge is 0.194 e. The lowest BCUT2D eigenvalue weighted by Crippen LogP contribution is -2.39. The summed E-state index contributed by atoms with van der Waals surface area (Å²) in [5.74, 6) is 3.00. The molecular weight excluding hydrogens is 391 g/mol. The Morgan fingerprint density at radius 2 is 2.32 bits per heavy atom. The maximum absolute atomic E-state index is 4.69. The second kappa shape index (κ2) is 9.81. The number of rotatable bonds is 7. The van der Waals surface area contributed by atoms with Gasteiger partial charge in [0.2, 0.25) is 0 Å². The zero-order chi connectivity index (χ0) is 15.1. The summed E-state index contributed by atoms with van der Waals surface area (Å²) < 4.78 is 2.20. The number of nitrogens with one attached hydrogen (secondary N) is 1. The van der Waals surface area contributed by atoms with E-state index in [4.69, 9.17) is 4.99 Å². The molecule has 0 aliphatic carbocycles. The van der Waals surface area contributed by atoms with Gasteiger partial charge in [0.05, 0.1) is 0 Å². The van der Waals surface area contributed by atoms with E-state index in [-0.39, 0.29) is 24.0 Å². The number of hydrogen-bond donors (Lipinski definition) is 1. The van der Waals surface area contributed by atoms with Gasteiger partial charge in [-0.25, -0.2) is 4.99 Å². The Bertz CT molecular complexity index is 496. The highest BCUT2D eigenvalue weighted by atomic mass is 127. The zero-order valence-corrected chi connectivity index (χ0v) is 15.9. The molecule has 1 aromatic rings. The molecule has 22 heavy (non-hydrogen) atoms. The minimum Gasteiger partial charge on any atom is -0.357 e. The van der Waals surface area contributed by atoms with Crippen LogP contribution in [0.15, 0.2) is 17.6 Å². The fraction of sp³-hybridized carbons (Fsp3) is 0.667. The van der Waals surface area contributed by atoms with Crippen molar-refractivity contribution in [1.82, 2.24) is 25.0 Å². The molecule has 2 rings (SSSR count). The van der Waals surface area contributed by atoms with Gasteiger partial charge in [0.1, 0.15) is 12.4 Å². The maximum atomic E-state index is 4.69. The van der Waals surface area contributed by atoms with Crippen LogP contribution >= 0.6 is 24.0 Å². The Morgan fingerprint density at radius 1 is 1.50 bits per heavy atom. The molecule has 0 aromatic carbocycles. The van der Waals surface area contributed by atoms with Crippen LogP contribution in [-0.2, 0) is 19.5 Å². The van der Waals surface area contributed by atoms with Crippen LogP contribution in [0, 0.1) is 0 Å². The van der Waals surface area contributed by atoms with Crippen LogP contribution in [0.4, 0.5) is 0 Å². The first kappa shape index (κ1) is 18.9. The van der Waals surface area contributed by atoms with E-state index in [0.29, 0.717) is 6.54 Å². The number of halogens is 1. The number of unbranched alkanes of at least 4 members (excludes halogenated alkanes) is 1. The van der Waals surface area contributed by atoms with Crippen LogP contribution in [0.5, 0.6) is 0 Å². The first-order chi connectivity index (χ1) is 10.3. The fourth-order valence-electron chi connectivity index (χ4n) is 2.52. The Hall–Kier alpha value is -1.12. The van der Waals surface area contributed by atoms with Gasteiger partial charge in [0.15, 0.2) is 11.8 Å². The molecule has 0 bridgehead atoms. The van der Waals surface area contributed by atoms with Crippen LogP contribution in [0.3, 0.4) is 0 Å². The molecule has 2 heterocycles. The quantitative estimate of drug-likeness (QED) is 0.243. The number of guanidine groups is 1. The SMILES string of the molecule is C=CCCCN(C)C(=NCc1nnc2n1CCC2)NCC.I. The standard InChI is InChI=1S/C15H26N6.HI/c1-4-6-7-10-20(3)15(16-5-2)17-12-14-19-18-13-9-8-11-21(13)14;/h4H,1,5-12H2,2-3H3,(H,16,17);1H. The van der Waals surface area contributed by atoms with Gasteiger partial charge in [-0.2, -0.15) is 0 Å².